The molecule has 0 aliphatic carbocycles. The van der Waals surface area contributed by atoms with E-state index in [4.69, 9.17) is 14.2 Å². The van der Waals surface area contributed by atoms with Crippen molar-refractivity contribution in [3.63, 3.8) is 0 Å². The molecule has 4 heteroatoms. The van der Waals surface area contributed by atoms with Gasteiger partial charge >= 0.3 is 0 Å². The number of rotatable bonds is 1. The van der Waals surface area contributed by atoms with Crippen molar-refractivity contribution in [2.24, 2.45) is 0 Å². The minimum atomic E-state index is -0.391. The van der Waals surface area contributed by atoms with Crippen LogP contribution in [0.1, 0.15) is 0 Å². The standard InChI is InChI=1S/C4H7O3.Al.2H/c1-5-4-6-2-3-7-4;;;/h2,4H,3H2,1H3;;;. The summed E-state index contributed by atoms with van der Waals surface area (Å²) in [6.07, 6.45) is 0. The van der Waals surface area contributed by atoms with Gasteiger partial charge in [0.15, 0.2) is 0 Å². The third kappa shape index (κ3) is 1.44. The maximum atomic E-state index is 5.13. The summed E-state index contributed by atoms with van der Waals surface area (Å²) in [7, 11) is 1.57. The topological polar surface area (TPSA) is 27.7 Å². The second-order valence-corrected chi connectivity index (χ2v) is 3.09. The molecule has 2 unspecified atom stereocenters. The minimum absolute atomic E-state index is 0.319. The molecule has 1 saturated heterocycles. The van der Waals surface area contributed by atoms with Gasteiger partial charge in [0, 0.05) is 12.1 Å². The molecule has 1 fully saturated rings. The highest BCUT2D eigenvalue weighted by molar-refractivity contribution is 6.11. The highest BCUT2D eigenvalue weighted by Crippen LogP contribution is 2.07. The maximum absolute atomic E-state index is 5.13. The van der Waals surface area contributed by atoms with Crippen LogP contribution in [0, 0.1) is 0 Å². The first kappa shape index (κ1) is 6.53. The second-order valence-electron chi connectivity index (χ2n) is 1.80. The van der Waals surface area contributed by atoms with E-state index in [1.54, 1.807) is 7.11 Å². The van der Waals surface area contributed by atoms with Crippen molar-refractivity contribution >= 4 is 16.3 Å². The fourth-order valence-corrected chi connectivity index (χ4v) is 1.02. The molecule has 1 heterocycles. The van der Waals surface area contributed by atoms with Crippen LogP contribution >= 0.6 is 0 Å². The van der Waals surface area contributed by atoms with E-state index in [0.717, 1.165) is 16.3 Å². The first-order chi connectivity index (χ1) is 3.83. The molecule has 0 aromatic carbocycles. The van der Waals surface area contributed by atoms with Crippen molar-refractivity contribution in [1.82, 2.24) is 0 Å². The van der Waals surface area contributed by atoms with Gasteiger partial charge in [-0.2, -0.15) is 0 Å². The molecule has 1 aliphatic rings. The van der Waals surface area contributed by atoms with Gasteiger partial charge in [-0.25, -0.2) is 0 Å². The van der Waals surface area contributed by atoms with Crippen LogP contribution in [0.15, 0.2) is 0 Å². The van der Waals surface area contributed by atoms with Gasteiger partial charge in [-0.1, -0.05) is 0 Å². The minimum Gasteiger partial charge on any atom is -0.341 e. The summed E-state index contributed by atoms with van der Waals surface area (Å²) < 4.78 is 14.9. The predicted molar refractivity (Wildman–Crippen MR) is 30.2 cm³/mol. The van der Waals surface area contributed by atoms with E-state index >= 15 is 0 Å². The molecular formula is C4H9AlO3. The van der Waals surface area contributed by atoms with Crippen molar-refractivity contribution in [2.45, 2.75) is 11.4 Å². The summed E-state index contributed by atoms with van der Waals surface area (Å²) in [5.74, 6) is 0. The van der Waals surface area contributed by atoms with Crippen LogP contribution in [0.4, 0.5) is 0 Å². The highest BCUT2D eigenvalue weighted by Gasteiger charge is 2.20. The molecule has 0 N–H and O–H groups in total. The Morgan fingerprint density at radius 3 is 2.75 bits per heavy atom. The van der Waals surface area contributed by atoms with Crippen LogP contribution in [0.2, 0.25) is 0 Å². The lowest BCUT2D eigenvalue weighted by molar-refractivity contribution is -0.217. The van der Waals surface area contributed by atoms with E-state index in [9.17, 15) is 0 Å². The zero-order valence-corrected chi connectivity index (χ0v) is 7.09. The molecule has 0 saturated carbocycles. The van der Waals surface area contributed by atoms with Crippen molar-refractivity contribution in [3.8, 4) is 0 Å². The van der Waals surface area contributed by atoms with Crippen LogP contribution in [-0.2, 0) is 14.2 Å². The molecule has 1 aliphatic heterocycles. The molecule has 0 aromatic heterocycles. The average molecular weight is 132 g/mol. The number of ether oxygens (including phenoxy) is 3. The van der Waals surface area contributed by atoms with Crippen molar-refractivity contribution < 1.29 is 14.2 Å². The van der Waals surface area contributed by atoms with Gasteiger partial charge in [0.05, 0.1) is 6.61 Å². The van der Waals surface area contributed by atoms with Crippen LogP contribution in [0.25, 0.3) is 0 Å². The first-order valence-electron chi connectivity index (χ1n) is 2.63. The Morgan fingerprint density at radius 2 is 2.50 bits per heavy atom. The molecule has 8 heavy (non-hydrogen) atoms. The third-order valence-electron chi connectivity index (χ3n) is 1.00. The monoisotopic (exact) mass is 132 g/mol. The van der Waals surface area contributed by atoms with Gasteiger partial charge in [-0.15, -0.1) is 0 Å². The molecular weight excluding hydrogens is 123 g/mol. The zero-order valence-electron chi connectivity index (χ0n) is 5.09. The molecule has 0 aromatic rings. The van der Waals surface area contributed by atoms with Crippen LogP contribution in [0.5, 0.6) is 0 Å². The number of hydrogen-bond donors (Lipinski definition) is 0. The van der Waals surface area contributed by atoms with E-state index in [1.165, 1.54) is 0 Å². The first-order valence-corrected chi connectivity index (χ1v) is 3.78. The molecule has 0 radical (unpaired) electrons. The number of methoxy groups -OCH3 is 1. The molecule has 2 atom stereocenters. The Balaban J connectivity index is 2.22. The van der Waals surface area contributed by atoms with E-state index in [-0.39, 0.29) is 0 Å². The average Bonchev–Trinajstić information content (AvgIpc) is 2.14. The summed E-state index contributed by atoms with van der Waals surface area (Å²) >= 11 is 1.02. The summed E-state index contributed by atoms with van der Waals surface area (Å²) in [5.41, 5.74) is 0. The SMILES string of the molecule is COC1OC[CH]([AlH2])O1. The molecule has 0 bridgehead atoms. The second kappa shape index (κ2) is 2.81. The fourth-order valence-electron chi connectivity index (χ4n) is 0.606. The normalized spacial score (nSPS) is 38.1. The van der Waals surface area contributed by atoms with Gasteiger partial charge in [0.2, 0.25) is 0 Å². The molecule has 1 rings (SSSR count). The van der Waals surface area contributed by atoms with Crippen molar-refractivity contribution in [3.05, 3.63) is 0 Å². The largest absolute Gasteiger partial charge is 0.341 e. The van der Waals surface area contributed by atoms with Crippen LogP contribution in [-0.4, -0.2) is 41.4 Å². The van der Waals surface area contributed by atoms with Crippen molar-refractivity contribution in [2.75, 3.05) is 13.7 Å². The third-order valence-corrected chi connectivity index (χ3v) is 1.61. The summed E-state index contributed by atoms with van der Waals surface area (Å²) in [4.78, 5) is 0.319. The van der Waals surface area contributed by atoms with Gasteiger partial charge in [-0.3, -0.25) is 0 Å². The van der Waals surface area contributed by atoms with E-state index in [2.05, 4.69) is 0 Å². The Morgan fingerprint density at radius 1 is 1.75 bits per heavy atom. The lowest BCUT2D eigenvalue weighted by Crippen LogP contribution is -2.12. The Hall–Kier alpha value is 0.412. The predicted octanol–water partition coefficient (Wildman–Crippen LogP) is -1.08. The fraction of sp³-hybridized carbons (Fsp3) is 1.00. The van der Waals surface area contributed by atoms with E-state index in [1.807, 2.05) is 0 Å². The van der Waals surface area contributed by atoms with Crippen LogP contribution in [0.3, 0.4) is 0 Å². The summed E-state index contributed by atoms with van der Waals surface area (Å²) in [5, 5.41) is 0. The quantitative estimate of drug-likeness (QED) is 0.425. The Bertz CT molecular complexity index is 77.7. The summed E-state index contributed by atoms with van der Waals surface area (Å²) in [6, 6.07) is 0. The Kier molecular flexibility index (Phi) is 2.30. The van der Waals surface area contributed by atoms with Crippen molar-refractivity contribution in [1.29, 1.82) is 0 Å². The van der Waals surface area contributed by atoms with E-state index < -0.39 is 6.48 Å². The molecule has 3 nitrogen and oxygen atoms in total. The summed E-state index contributed by atoms with van der Waals surface area (Å²) in [6.45, 7) is 0.308. The van der Waals surface area contributed by atoms with Crippen LogP contribution < -0.4 is 0 Å². The smallest absolute Gasteiger partial charge is 0.270 e. The molecule has 46 valence electrons. The van der Waals surface area contributed by atoms with Gasteiger partial charge in [0.1, 0.15) is 0 Å². The molecule has 0 amide bonds. The molecule has 0 spiro atoms. The Labute approximate surface area is 56.3 Å². The lowest BCUT2D eigenvalue weighted by atomic mass is 10.8. The highest BCUT2D eigenvalue weighted by atomic mass is 27.0. The van der Waals surface area contributed by atoms with E-state index in [0.29, 0.717) is 11.6 Å². The van der Waals surface area contributed by atoms with Gasteiger partial charge in [0.25, 0.3) is 22.8 Å². The van der Waals surface area contributed by atoms with Gasteiger partial charge < -0.3 is 14.2 Å². The lowest BCUT2D eigenvalue weighted by Gasteiger charge is -2.04. The maximum Gasteiger partial charge on any atom is 0.270 e. The zero-order chi connectivity index (χ0) is 5.98. The van der Waals surface area contributed by atoms with Gasteiger partial charge in [-0.05, 0) is 0 Å². The number of hydrogen-bond acceptors (Lipinski definition) is 3.